The van der Waals surface area contributed by atoms with Crippen molar-refractivity contribution in [3.05, 3.63) is 30.0 Å². The number of benzene rings is 1. The van der Waals surface area contributed by atoms with Crippen LogP contribution in [-0.2, 0) is 11.2 Å². The van der Waals surface area contributed by atoms with Gasteiger partial charge < -0.3 is 14.8 Å². The molecule has 102 valence electrons. The van der Waals surface area contributed by atoms with Gasteiger partial charge in [-0.1, -0.05) is 0 Å². The summed E-state index contributed by atoms with van der Waals surface area (Å²) in [4.78, 5) is 13.4. The van der Waals surface area contributed by atoms with Gasteiger partial charge in [-0.2, -0.15) is 0 Å². The summed E-state index contributed by atoms with van der Waals surface area (Å²) in [6.07, 6.45) is -3.00. The minimum absolute atomic E-state index is 0.0860. The van der Waals surface area contributed by atoms with E-state index in [1.807, 2.05) is 0 Å². The molecule has 2 rings (SSSR count). The number of fused-ring (bicyclic) bond motifs is 1. The second kappa shape index (κ2) is 4.83. The second-order valence-electron chi connectivity index (χ2n) is 3.96. The Balaban J connectivity index is 2.29. The molecule has 0 saturated heterocycles. The van der Waals surface area contributed by atoms with Crippen LogP contribution in [0.2, 0.25) is 0 Å². The van der Waals surface area contributed by atoms with E-state index in [9.17, 15) is 18.0 Å². The van der Waals surface area contributed by atoms with Crippen molar-refractivity contribution in [3.63, 3.8) is 0 Å². The van der Waals surface area contributed by atoms with Crippen LogP contribution in [0.5, 0.6) is 5.75 Å². The van der Waals surface area contributed by atoms with Gasteiger partial charge in [0.15, 0.2) is 0 Å². The Morgan fingerprint density at radius 3 is 2.74 bits per heavy atom. The third kappa shape index (κ3) is 3.40. The SMILES string of the molecule is O=C(O)CCc1c[nH]c2ccc(OC(F)(F)F)cc12. The summed E-state index contributed by atoms with van der Waals surface area (Å²) in [7, 11) is 0. The van der Waals surface area contributed by atoms with Crippen LogP contribution in [-0.4, -0.2) is 22.4 Å². The molecule has 19 heavy (non-hydrogen) atoms. The number of aliphatic carboxylic acids is 1. The smallest absolute Gasteiger partial charge is 0.481 e. The van der Waals surface area contributed by atoms with Crippen molar-refractivity contribution in [1.29, 1.82) is 0 Å². The van der Waals surface area contributed by atoms with Gasteiger partial charge in [-0.05, 0) is 30.2 Å². The molecule has 0 aliphatic carbocycles. The van der Waals surface area contributed by atoms with Crippen LogP contribution in [0.15, 0.2) is 24.4 Å². The molecule has 1 aromatic heterocycles. The average molecular weight is 273 g/mol. The maximum atomic E-state index is 12.1. The molecule has 7 heteroatoms. The van der Waals surface area contributed by atoms with Crippen molar-refractivity contribution in [2.24, 2.45) is 0 Å². The van der Waals surface area contributed by atoms with E-state index in [1.165, 1.54) is 18.2 Å². The van der Waals surface area contributed by atoms with Gasteiger partial charge in [-0.3, -0.25) is 4.79 Å². The third-order valence-electron chi connectivity index (χ3n) is 2.58. The highest BCUT2D eigenvalue weighted by atomic mass is 19.4. The molecule has 0 aliphatic heterocycles. The number of carboxylic acid groups (broad SMARTS) is 1. The van der Waals surface area contributed by atoms with Crippen molar-refractivity contribution < 1.29 is 27.8 Å². The summed E-state index contributed by atoms with van der Waals surface area (Å²) in [5, 5.41) is 9.14. The molecule has 0 spiro atoms. The van der Waals surface area contributed by atoms with E-state index in [0.717, 1.165) is 0 Å². The molecule has 0 bridgehead atoms. The number of aromatic amines is 1. The van der Waals surface area contributed by atoms with Crippen LogP contribution in [0.25, 0.3) is 10.9 Å². The molecule has 2 N–H and O–H groups in total. The molecular weight excluding hydrogens is 263 g/mol. The summed E-state index contributed by atoms with van der Waals surface area (Å²) in [5.74, 6) is -1.28. The van der Waals surface area contributed by atoms with E-state index in [4.69, 9.17) is 5.11 Å². The molecule has 0 atom stereocenters. The second-order valence-corrected chi connectivity index (χ2v) is 3.96. The Kier molecular flexibility index (Phi) is 3.37. The third-order valence-corrected chi connectivity index (χ3v) is 2.58. The predicted octanol–water partition coefficient (Wildman–Crippen LogP) is 3.08. The first kappa shape index (κ1) is 13.3. The number of H-pyrrole nitrogens is 1. The highest BCUT2D eigenvalue weighted by molar-refractivity contribution is 5.85. The van der Waals surface area contributed by atoms with Crippen molar-refractivity contribution in [1.82, 2.24) is 4.98 Å². The number of aryl methyl sites for hydroxylation is 1. The van der Waals surface area contributed by atoms with Crippen LogP contribution >= 0.6 is 0 Å². The fraction of sp³-hybridized carbons (Fsp3) is 0.250. The summed E-state index contributed by atoms with van der Waals surface area (Å²) in [5.41, 5.74) is 1.28. The average Bonchev–Trinajstić information content (AvgIpc) is 2.66. The van der Waals surface area contributed by atoms with E-state index in [0.29, 0.717) is 16.5 Å². The fourth-order valence-electron chi connectivity index (χ4n) is 1.80. The molecule has 2 aromatic rings. The van der Waals surface area contributed by atoms with Crippen LogP contribution in [0.1, 0.15) is 12.0 Å². The molecule has 1 aromatic carbocycles. The van der Waals surface area contributed by atoms with E-state index in [2.05, 4.69) is 9.72 Å². The predicted molar refractivity (Wildman–Crippen MR) is 60.9 cm³/mol. The standard InChI is InChI=1S/C12H10F3NO3/c13-12(14,15)19-8-2-3-10-9(5-8)7(6-16-10)1-4-11(17)18/h2-3,5-6,16H,1,4H2,(H,17,18). The van der Waals surface area contributed by atoms with Gasteiger partial charge in [0.25, 0.3) is 0 Å². The number of alkyl halides is 3. The molecule has 0 amide bonds. The molecule has 0 fully saturated rings. The molecule has 0 aliphatic rings. The van der Waals surface area contributed by atoms with E-state index in [-0.39, 0.29) is 18.6 Å². The van der Waals surface area contributed by atoms with Crippen LogP contribution < -0.4 is 4.74 Å². The Hall–Kier alpha value is -2.18. The fourth-order valence-corrected chi connectivity index (χ4v) is 1.80. The molecule has 0 unspecified atom stereocenters. The van der Waals surface area contributed by atoms with Gasteiger partial charge >= 0.3 is 12.3 Å². The Morgan fingerprint density at radius 1 is 1.37 bits per heavy atom. The zero-order valence-corrected chi connectivity index (χ0v) is 9.62. The monoisotopic (exact) mass is 273 g/mol. The van der Waals surface area contributed by atoms with E-state index >= 15 is 0 Å². The number of carbonyl (C=O) groups is 1. The van der Waals surface area contributed by atoms with Gasteiger partial charge in [-0.15, -0.1) is 13.2 Å². The number of ether oxygens (including phenoxy) is 1. The lowest BCUT2D eigenvalue weighted by Gasteiger charge is -2.08. The Labute approximate surface area is 105 Å². The number of hydrogen-bond acceptors (Lipinski definition) is 2. The maximum absolute atomic E-state index is 12.1. The van der Waals surface area contributed by atoms with E-state index in [1.54, 1.807) is 6.20 Å². The zero-order chi connectivity index (χ0) is 14.0. The van der Waals surface area contributed by atoms with Gasteiger partial charge in [0.1, 0.15) is 5.75 Å². The van der Waals surface area contributed by atoms with Crippen molar-refractivity contribution >= 4 is 16.9 Å². The van der Waals surface area contributed by atoms with Gasteiger partial charge in [0.05, 0.1) is 0 Å². The lowest BCUT2D eigenvalue weighted by Crippen LogP contribution is -2.16. The highest BCUT2D eigenvalue weighted by Crippen LogP contribution is 2.28. The van der Waals surface area contributed by atoms with Gasteiger partial charge in [-0.25, -0.2) is 0 Å². The molecule has 4 nitrogen and oxygen atoms in total. The number of nitrogens with one attached hydrogen (secondary N) is 1. The summed E-state index contributed by atoms with van der Waals surface area (Å²) in [6, 6.07) is 3.91. The summed E-state index contributed by atoms with van der Waals surface area (Å²) in [6.45, 7) is 0. The molecule has 1 heterocycles. The van der Waals surface area contributed by atoms with Crippen molar-refractivity contribution in [2.75, 3.05) is 0 Å². The Bertz CT molecular complexity index is 604. The maximum Gasteiger partial charge on any atom is 0.573 e. The lowest BCUT2D eigenvalue weighted by atomic mass is 10.1. The number of aromatic nitrogens is 1. The topological polar surface area (TPSA) is 62.3 Å². The normalized spacial score (nSPS) is 11.7. The van der Waals surface area contributed by atoms with Crippen molar-refractivity contribution in [3.8, 4) is 5.75 Å². The van der Waals surface area contributed by atoms with Crippen LogP contribution in [0.4, 0.5) is 13.2 Å². The first-order valence-corrected chi connectivity index (χ1v) is 5.43. The summed E-state index contributed by atoms with van der Waals surface area (Å²) >= 11 is 0. The lowest BCUT2D eigenvalue weighted by molar-refractivity contribution is -0.274. The quantitative estimate of drug-likeness (QED) is 0.899. The Morgan fingerprint density at radius 2 is 2.11 bits per heavy atom. The highest BCUT2D eigenvalue weighted by Gasteiger charge is 2.31. The molecule has 0 radical (unpaired) electrons. The zero-order valence-electron chi connectivity index (χ0n) is 9.62. The molecular formula is C12H10F3NO3. The first-order valence-electron chi connectivity index (χ1n) is 5.43. The molecule has 0 saturated carbocycles. The summed E-state index contributed by atoms with van der Waals surface area (Å²) < 4.78 is 40.2. The van der Waals surface area contributed by atoms with E-state index < -0.39 is 12.3 Å². The van der Waals surface area contributed by atoms with Gasteiger partial charge in [0.2, 0.25) is 0 Å². The number of rotatable bonds is 4. The minimum atomic E-state index is -4.74. The number of carboxylic acids is 1. The minimum Gasteiger partial charge on any atom is -0.481 e. The van der Waals surface area contributed by atoms with Crippen molar-refractivity contribution in [2.45, 2.75) is 19.2 Å². The number of halogens is 3. The number of hydrogen-bond donors (Lipinski definition) is 2. The van der Waals surface area contributed by atoms with Crippen LogP contribution in [0.3, 0.4) is 0 Å². The van der Waals surface area contributed by atoms with Crippen LogP contribution in [0, 0.1) is 0 Å². The first-order chi connectivity index (χ1) is 8.85. The largest absolute Gasteiger partial charge is 0.573 e. The van der Waals surface area contributed by atoms with Gasteiger partial charge in [0, 0.05) is 23.5 Å².